The molecule has 0 saturated carbocycles. The van der Waals surface area contributed by atoms with Crippen LogP contribution in [0.25, 0.3) is 0 Å². The van der Waals surface area contributed by atoms with Crippen LogP contribution in [0.2, 0.25) is 0 Å². The molecule has 0 radical (unpaired) electrons. The highest BCUT2D eigenvalue weighted by Crippen LogP contribution is 2.29. The zero-order valence-electron chi connectivity index (χ0n) is 9.29. The Balaban J connectivity index is 2.19. The third-order valence-corrected chi connectivity index (χ3v) is 3.48. The molecule has 0 amide bonds. The molecule has 0 aliphatic rings. The predicted molar refractivity (Wildman–Crippen MR) is 66.7 cm³/mol. The van der Waals surface area contributed by atoms with E-state index in [0.717, 1.165) is 30.0 Å². The van der Waals surface area contributed by atoms with Crippen LogP contribution in [-0.4, -0.2) is 0 Å². The van der Waals surface area contributed by atoms with Crippen molar-refractivity contribution in [2.75, 3.05) is 5.73 Å². The summed E-state index contributed by atoms with van der Waals surface area (Å²) in [5, 5.41) is 0. The van der Waals surface area contributed by atoms with Crippen LogP contribution in [0.1, 0.15) is 5.56 Å². The molecule has 1 nitrogen and oxygen atoms in total. The summed E-state index contributed by atoms with van der Waals surface area (Å²) in [6.45, 7) is 0. The minimum absolute atomic E-state index is 0.137. The van der Waals surface area contributed by atoms with Crippen molar-refractivity contribution >= 4 is 17.4 Å². The molecule has 0 aliphatic heterocycles. The van der Waals surface area contributed by atoms with Gasteiger partial charge in [-0.15, -0.1) is 11.8 Å². The molecule has 5 heteroatoms. The Morgan fingerprint density at radius 3 is 2.50 bits per heavy atom. The fourth-order valence-corrected chi connectivity index (χ4v) is 2.47. The van der Waals surface area contributed by atoms with Crippen molar-refractivity contribution in [1.82, 2.24) is 0 Å². The lowest BCUT2D eigenvalue weighted by Gasteiger charge is -2.07. The summed E-state index contributed by atoms with van der Waals surface area (Å²) in [4.78, 5) is 0.137. The molecule has 0 fully saturated rings. The first kappa shape index (κ1) is 12.8. The Labute approximate surface area is 107 Å². The topological polar surface area (TPSA) is 26.0 Å². The quantitative estimate of drug-likeness (QED) is 0.673. The Morgan fingerprint density at radius 1 is 1.00 bits per heavy atom. The second kappa shape index (κ2) is 5.35. The normalized spacial score (nSPS) is 10.6. The van der Waals surface area contributed by atoms with Crippen LogP contribution >= 0.6 is 11.8 Å². The number of anilines is 1. The van der Waals surface area contributed by atoms with Gasteiger partial charge in [0.2, 0.25) is 0 Å². The Bertz CT molecular complexity index is 552. The smallest absolute Gasteiger partial charge is 0.136 e. The first-order valence-corrected chi connectivity index (χ1v) is 6.17. The van der Waals surface area contributed by atoms with E-state index in [-0.39, 0.29) is 10.6 Å². The van der Waals surface area contributed by atoms with E-state index < -0.39 is 17.5 Å². The number of thioether (sulfide) groups is 1. The van der Waals surface area contributed by atoms with Gasteiger partial charge in [-0.2, -0.15) is 0 Å². The average Bonchev–Trinajstić information content (AvgIpc) is 2.33. The van der Waals surface area contributed by atoms with Gasteiger partial charge in [0.15, 0.2) is 0 Å². The molecule has 2 aromatic carbocycles. The van der Waals surface area contributed by atoms with Gasteiger partial charge in [-0.1, -0.05) is 6.07 Å². The first-order chi connectivity index (χ1) is 8.58. The van der Waals surface area contributed by atoms with Crippen molar-refractivity contribution in [3.63, 3.8) is 0 Å². The van der Waals surface area contributed by atoms with Crippen LogP contribution < -0.4 is 5.73 Å². The van der Waals surface area contributed by atoms with Gasteiger partial charge in [-0.3, -0.25) is 0 Å². The van der Waals surface area contributed by atoms with E-state index in [2.05, 4.69) is 0 Å². The van der Waals surface area contributed by atoms with E-state index in [1.807, 2.05) is 0 Å². The van der Waals surface area contributed by atoms with Gasteiger partial charge < -0.3 is 5.73 Å². The van der Waals surface area contributed by atoms with Crippen LogP contribution in [0, 0.1) is 17.5 Å². The van der Waals surface area contributed by atoms with Crippen molar-refractivity contribution in [3.05, 3.63) is 59.4 Å². The Morgan fingerprint density at radius 2 is 1.78 bits per heavy atom. The van der Waals surface area contributed by atoms with E-state index in [0.29, 0.717) is 11.3 Å². The average molecular weight is 269 g/mol. The van der Waals surface area contributed by atoms with Crippen LogP contribution in [0.3, 0.4) is 0 Å². The van der Waals surface area contributed by atoms with E-state index in [4.69, 9.17) is 5.73 Å². The molecule has 94 valence electrons. The van der Waals surface area contributed by atoms with Crippen molar-refractivity contribution in [2.24, 2.45) is 0 Å². The Hall–Kier alpha value is -1.62. The molecule has 2 N–H and O–H groups in total. The molecular weight excluding hydrogens is 259 g/mol. The second-order valence-electron chi connectivity index (χ2n) is 3.67. The summed E-state index contributed by atoms with van der Waals surface area (Å²) in [5.41, 5.74) is 6.23. The molecule has 2 rings (SSSR count). The van der Waals surface area contributed by atoms with Crippen molar-refractivity contribution in [1.29, 1.82) is 0 Å². The summed E-state index contributed by atoms with van der Waals surface area (Å²) >= 11 is 1.01. The van der Waals surface area contributed by atoms with Crippen LogP contribution in [0.15, 0.2) is 41.3 Å². The molecule has 2 aromatic rings. The van der Waals surface area contributed by atoms with E-state index in [1.165, 1.54) is 12.1 Å². The Kier molecular flexibility index (Phi) is 3.81. The summed E-state index contributed by atoms with van der Waals surface area (Å²) in [6, 6.07) is 7.52. The first-order valence-electron chi connectivity index (χ1n) is 5.18. The summed E-state index contributed by atoms with van der Waals surface area (Å²) < 4.78 is 39.8. The van der Waals surface area contributed by atoms with Crippen LogP contribution in [0.4, 0.5) is 18.9 Å². The third-order valence-electron chi connectivity index (χ3n) is 2.42. The number of rotatable bonds is 3. The fourth-order valence-electron chi connectivity index (χ4n) is 1.47. The number of nitrogen functional groups attached to an aromatic ring is 1. The number of hydrogen-bond donors (Lipinski definition) is 1. The monoisotopic (exact) mass is 269 g/mol. The van der Waals surface area contributed by atoms with E-state index in [1.54, 1.807) is 6.07 Å². The molecule has 0 aromatic heterocycles. The lowest BCUT2D eigenvalue weighted by molar-refractivity contribution is 0.577. The molecule has 0 heterocycles. The van der Waals surface area contributed by atoms with Gasteiger partial charge in [0.25, 0.3) is 0 Å². The summed E-state index contributed by atoms with van der Waals surface area (Å²) in [7, 11) is 0. The largest absolute Gasteiger partial charge is 0.398 e. The maximum Gasteiger partial charge on any atom is 0.136 e. The van der Waals surface area contributed by atoms with E-state index in [9.17, 15) is 13.2 Å². The molecular formula is C13H10F3NS. The maximum atomic E-state index is 13.5. The summed E-state index contributed by atoms with van der Waals surface area (Å²) in [5.74, 6) is -1.35. The lowest BCUT2D eigenvalue weighted by Crippen LogP contribution is -1.96. The second-order valence-corrected chi connectivity index (χ2v) is 4.69. The highest BCUT2D eigenvalue weighted by atomic mass is 32.2. The zero-order valence-corrected chi connectivity index (χ0v) is 10.1. The van der Waals surface area contributed by atoms with Crippen molar-refractivity contribution in [2.45, 2.75) is 10.6 Å². The van der Waals surface area contributed by atoms with E-state index >= 15 is 0 Å². The standard InChI is InChI=1S/C13H10F3NS/c14-8-4-5-11(16)13(6-8)18-7-9-10(15)2-1-3-12(9)17/h1-6H,7,17H2. The summed E-state index contributed by atoms with van der Waals surface area (Å²) in [6.07, 6.45) is 0. The number of nitrogens with two attached hydrogens (primary N) is 1. The van der Waals surface area contributed by atoms with Gasteiger partial charge in [0, 0.05) is 21.9 Å². The van der Waals surface area contributed by atoms with Crippen LogP contribution in [-0.2, 0) is 5.75 Å². The SMILES string of the molecule is Nc1cccc(F)c1CSc1cc(F)ccc1F. The minimum Gasteiger partial charge on any atom is -0.398 e. The predicted octanol–water partition coefficient (Wildman–Crippen LogP) is 3.98. The zero-order chi connectivity index (χ0) is 13.1. The molecule has 0 aliphatic carbocycles. The molecule has 0 bridgehead atoms. The molecule has 0 atom stereocenters. The molecule has 18 heavy (non-hydrogen) atoms. The number of hydrogen-bond acceptors (Lipinski definition) is 2. The minimum atomic E-state index is -0.531. The highest BCUT2D eigenvalue weighted by Gasteiger charge is 2.09. The number of halogens is 3. The number of benzene rings is 2. The van der Waals surface area contributed by atoms with Gasteiger partial charge in [0.05, 0.1) is 0 Å². The lowest BCUT2D eigenvalue weighted by atomic mass is 10.2. The highest BCUT2D eigenvalue weighted by molar-refractivity contribution is 7.98. The van der Waals surface area contributed by atoms with Crippen LogP contribution in [0.5, 0.6) is 0 Å². The molecule has 0 unspecified atom stereocenters. The van der Waals surface area contributed by atoms with Crippen molar-refractivity contribution in [3.8, 4) is 0 Å². The van der Waals surface area contributed by atoms with Crippen molar-refractivity contribution < 1.29 is 13.2 Å². The van der Waals surface area contributed by atoms with Gasteiger partial charge in [-0.25, -0.2) is 13.2 Å². The maximum absolute atomic E-state index is 13.5. The molecule has 0 saturated heterocycles. The van der Waals surface area contributed by atoms with Gasteiger partial charge >= 0.3 is 0 Å². The third kappa shape index (κ3) is 2.79. The molecule has 0 spiro atoms. The van der Waals surface area contributed by atoms with Gasteiger partial charge in [0.1, 0.15) is 17.5 Å². The fraction of sp³-hybridized carbons (Fsp3) is 0.0769. The van der Waals surface area contributed by atoms with Gasteiger partial charge in [-0.05, 0) is 30.3 Å².